The highest BCUT2D eigenvalue weighted by molar-refractivity contribution is 4.88. The fraction of sp³-hybridized carbons (Fsp3) is 1.00. The molecule has 2 fully saturated rings. The lowest BCUT2D eigenvalue weighted by molar-refractivity contribution is 0.0669. The zero-order valence-corrected chi connectivity index (χ0v) is 14.7. The third kappa shape index (κ3) is 5.56. The Labute approximate surface area is 133 Å². The maximum Gasteiger partial charge on any atom is -0.00134 e. The molecule has 0 bridgehead atoms. The Morgan fingerprint density at radius 2 is 1.48 bits per heavy atom. The minimum absolute atomic E-state index is 0.775. The van der Waals surface area contributed by atoms with Gasteiger partial charge in [0.15, 0.2) is 0 Å². The molecule has 2 rings (SSSR count). The van der Waals surface area contributed by atoms with Gasteiger partial charge < -0.3 is 9.80 Å². The summed E-state index contributed by atoms with van der Waals surface area (Å²) in [6.07, 6.45) is 14.8. The van der Waals surface area contributed by atoms with Crippen LogP contribution in [0.1, 0.15) is 78.1 Å². The van der Waals surface area contributed by atoms with Crippen LogP contribution in [-0.4, -0.2) is 49.1 Å². The van der Waals surface area contributed by atoms with Crippen LogP contribution in [0.2, 0.25) is 0 Å². The maximum atomic E-state index is 2.75. The molecule has 1 heterocycles. The molecule has 1 saturated heterocycles. The monoisotopic (exact) mass is 294 g/mol. The summed E-state index contributed by atoms with van der Waals surface area (Å²) in [5.74, 6) is 0. The van der Waals surface area contributed by atoms with Crippen LogP contribution in [0.4, 0.5) is 0 Å². The van der Waals surface area contributed by atoms with Crippen LogP contribution < -0.4 is 0 Å². The van der Waals surface area contributed by atoms with Crippen molar-refractivity contribution in [1.29, 1.82) is 0 Å². The standard InChI is InChI=1S/C19H38N2/c1-3-20(4-2)15-9-6-10-16-21-17-13-19(14-18-21)11-7-5-8-12-19/h3-18H2,1-2H3. The van der Waals surface area contributed by atoms with Crippen molar-refractivity contribution >= 4 is 0 Å². The second kappa shape index (κ2) is 9.15. The molecule has 0 radical (unpaired) electrons. The fourth-order valence-electron chi connectivity index (χ4n) is 4.44. The smallest absolute Gasteiger partial charge is 0.00134 e. The predicted octanol–water partition coefficient (Wildman–Crippen LogP) is 4.54. The molecule has 1 saturated carbocycles. The van der Waals surface area contributed by atoms with Crippen molar-refractivity contribution < 1.29 is 0 Å². The molecule has 0 amide bonds. The number of nitrogens with zero attached hydrogens (tertiary/aromatic N) is 2. The predicted molar refractivity (Wildman–Crippen MR) is 92.8 cm³/mol. The Morgan fingerprint density at radius 1 is 0.810 bits per heavy atom. The number of hydrogen-bond donors (Lipinski definition) is 0. The Bertz CT molecular complexity index is 257. The largest absolute Gasteiger partial charge is 0.304 e. The maximum absolute atomic E-state index is 2.75. The van der Waals surface area contributed by atoms with E-state index in [1.165, 1.54) is 103 Å². The SMILES string of the molecule is CCN(CC)CCCCCN1CCC2(CCCCC2)CC1. The summed E-state index contributed by atoms with van der Waals surface area (Å²) in [6, 6.07) is 0. The highest BCUT2D eigenvalue weighted by Gasteiger charge is 2.35. The van der Waals surface area contributed by atoms with Gasteiger partial charge in [-0.1, -0.05) is 39.5 Å². The van der Waals surface area contributed by atoms with Gasteiger partial charge in [0.25, 0.3) is 0 Å². The summed E-state index contributed by atoms with van der Waals surface area (Å²) in [4.78, 5) is 5.30. The number of piperidine rings is 1. The van der Waals surface area contributed by atoms with Gasteiger partial charge in [0.2, 0.25) is 0 Å². The minimum atomic E-state index is 0.775. The van der Waals surface area contributed by atoms with Crippen molar-refractivity contribution in [2.75, 3.05) is 39.3 Å². The van der Waals surface area contributed by atoms with E-state index in [0.29, 0.717) is 0 Å². The fourth-order valence-corrected chi connectivity index (χ4v) is 4.44. The van der Waals surface area contributed by atoms with Crippen molar-refractivity contribution in [1.82, 2.24) is 9.80 Å². The Morgan fingerprint density at radius 3 is 2.10 bits per heavy atom. The van der Waals surface area contributed by atoms with Gasteiger partial charge in [-0.3, -0.25) is 0 Å². The van der Waals surface area contributed by atoms with E-state index in [4.69, 9.17) is 0 Å². The Kier molecular flexibility index (Phi) is 7.53. The van der Waals surface area contributed by atoms with Crippen molar-refractivity contribution in [3.8, 4) is 0 Å². The summed E-state index contributed by atoms with van der Waals surface area (Å²) >= 11 is 0. The van der Waals surface area contributed by atoms with Gasteiger partial charge in [-0.2, -0.15) is 0 Å². The molecule has 2 nitrogen and oxygen atoms in total. The van der Waals surface area contributed by atoms with Crippen molar-refractivity contribution in [3.05, 3.63) is 0 Å². The first-order valence-electron chi connectivity index (χ1n) is 9.73. The van der Waals surface area contributed by atoms with Crippen LogP contribution in [-0.2, 0) is 0 Å². The number of likely N-dealkylation sites (tertiary alicyclic amines) is 1. The van der Waals surface area contributed by atoms with Crippen LogP contribution in [0.25, 0.3) is 0 Å². The number of hydrogen-bond acceptors (Lipinski definition) is 2. The van der Waals surface area contributed by atoms with E-state index in [1.807, 2.05) is 0 Å². The minimum Gasteiger partial charge on any atom is -0.304 e. The van der Waals surface area contributed by atoms with E-state index in [9.17, 15) is 0 Å². The Balaban J connectivity index is 1.53. The van der Waals surface area contributed by atoms with Crippen molar-refractivity contribution in [2.45, 2.75) is 78.1 Å². The van der Waals surface area contributed by atoms with Crippen LogP contribution in [0.5, 0.6) is 0 Å². The van der Waals surface area contributed by atoms with E-state index >= 15 is 0 Å². The van der Waals surface area contributed by atoms with E-state index in [2.05, 4.69) is 23.6 Å². The zero-order chi connectivity index (χ0) is 15.0. The third-order valence-corrected chi connectivity index (χ3v) is 6.17. The quantitative estimate of drug-likeness (QED) is 0.606. The molecule has 0 aromatic rings. The molecule has 0 atom stereocenters. The second-order valence-electron chi connectivity index (χ2n) is 7.49. The summed E-state index contributed by atoms with van der Waals surface area (Å²) in [5.41, 5.74) is 0.775. The molecule has 2 heteroatoms. The van der Waals surface area contributed by atoms with E-state index in [-0.39, 0.29) is 0 Å². The van der Waals surface area contributed by atoms with E-state index in [1.54, 1.807) is 0 Å². The van der Waals surface area contributed by atoms with Crippen molar-refractivity contribution in [2.24, 2.45) is 5.41 Å². The summed E-state index contributed by atoms with van der Waals surface area (Å²) < 4.78 is 0. The van der Waals surface area contributed by atoms with Gasteiger partial charge >= 0.3 is 0 Å². The summed E-state index contributed by atoms with van der Waals surface area (Å²) in [6.45, 7) is 12.4. The van der Waals surface area contributed by atoms with Gasteiger partial charge in [-0.05, 0) is 83.2 Å². The van der Waals surface area contributed by atoms with Crippen LogP contribution in [0.3, 0.4) is 0 Å². The molecule has 0 N–H and O–H groups in total. The molecule has 2 aliphatic rings. The second-order valence-corrected chi connectivity index (χ2v) is 7.49. The van der Waals surface area contributed by atoms with Crippen molar-refractivity contribution in [3.63, 3.8) is 0 Å². The molecule has 1 spiro atoms. The average molecular weight is 295 g/mol. The van der Waals surface area contributed by atoms with Gasteiger partial charge in [0, 0.05) is 0 Å². The Hall–Kier alpha value is -0.0800. The first-order chi connectivity index (χ1) is 10.3. The average Bonchev–Trinajstić information content (AvgIpc) is 2.54. The molecular formula is C19H38N2. The summed E-state index contributed by atoms with van der Waals surface area (Å²) in [7, 11) is 0. The molecular weight excluding hydrogens is 256 g/mol. The molecule has 124 valence electrons. The first-order valence-corrected chi connectivity index (χ1v) is 9.73. The highest BCUT2D eigenvalue weighted by atomic mass is 15.1. The third-order valence-electron chi connectivity index (χ3n) is 6.17. The van der Waals surface area contributed by atoms with Crippen LogP contribution in [0.15, 0.2) is 0 Å². The van der Waals surface area contributed by atoms with Gasteiger partial charge in [0.1, 0.15) is 0 Å². The lowest BCUT2D eigenvalue weighted by Gasteiger charge is -2.44. The number of unbranched alkanes of at least 4 members (excludes halogenated alkanes) is 2. The zero-order valence-electron chi connectivity index (χ0n) is 14.7. The van der Waals surface area contributed by atoms with Gasteiger partial charge in [-0.15, -0.1) is 0 Å². The molecule has 0 unspecified atom stereocenters. The normalized spacial score (nSPS) is 23.0. The molecule has 0 aromatic carbocycles. The molecule has 0 aromatic heterocycles. The lowest BCUT2D eigenvalue weighted by Crippen LogP contribution is -2.41. The highest BCUT2D eigenvalue weighted by Crippen LogP contribution is 2.44. The van der Waals surface area contributed by atoms with Crippen LogP contribution >= 0.6 is 0 Å². The summed E-state index contributed by atoms with van der Waals surface area (Å²) in [5, 5.41) is 0. The topological polar surface area (TPSA) is 6.48 Å². The van der Waals surface area contributed by atoms with Gasteiger partial charge in [0.05, 0.1) is 0 Å². The molecule has 1 aliphatic heterocycles. The molecule has 21 heavy (non-hydrogen) atoms. The first kappa shape index (κ1) is 17.3. The number of rotatable bonds is 8. The molecule has 1 aliphatic carbocycles. The van der Waals surface area contributed by atoms with E-state index < -0.39 is 0 Å². The van der Waals surface area contributed by atoms with Gasteiger partial charge in [-0.25, -0.2) is 0 Å². The lowest BCUT2D eigenvalue weighted by atomic mass is 9.68. The van der Waals surface area contributed by atoms with E-state index in [0.717, 1.165) is 5.41 Å². The van der Waals surface area contributed by atoms with Crippen LogP contribution in [0, 0.1) is 5.41 Å².